The first-order valence-corrected chi connectivity index (χ1v) is 13.1. The van der Waals surface area contributed by atoms with Crippen LogP contribution in [-0.2, 0) is 17.7 Å². The van der Waals surface area contributed by atoms with Crippen LogP contribution in [0.15, 0.2) is 24.5 Å². The summed E-state index contributed by atoms with van der Waals surface area (Å²) in [5.41, 5.74) is 4.71. The van der Waals surface area contributed by atoms with Gasteiger partial charge in [0.25, 0.3) is 0 Å². The number of halogens is 1. The highest BCUT2D eigenvalue weighted by molar-refractivity contribution is 6.30. The van der Waals surface area contributed by atoms with E-state index in [1.54, 1.807) is 11.1 Å². The average Bonchev–Trinajstić information content (AvgIpc) is 3.55. The van der Waals surface area contributed by atoms with Gasteiger partial charge < -0.3 is 14.6 Å². The van der Waals surface area contributed by atoms with Crippen molar-refractivity contribution in [3.05, 3.63) is 40.9 Å². The number of hydrogen-bond donors (Lipinski definition) is 1. The highest BCUT2D eigenvalue weighted by Gasteiger charge is 2.48. The van der Waals surface area contributed by atoms with E-state index in [4.69, 9.17) is 21.3 Å². The minimum atomic E-state index is -0.309. The van der Waals surface area contributed by atoms with Gasteiger partial charge in [0, 0.05) is 36.3 Å². The Hall–Kier alpha value is -2.58. The molecule has 3 aliphatic rings. The van der Waals surface area contributed by atoms with Crippen LogP contribution in [-0.4, -0.2) is 51.7 Å². The lowest BCUT2D eigenvalue weighted by Crippen LogP contribution is -2.42. The van der Waals surface area contributed by atoms with Crippen LogP contribution in [0.3, 0.4) is 0 Å². The van der Waals surface area contributed by atoms with Crippen LogP contribution < -0.4 is 10.2 Å². The first-order valence-electron chi connectivity index (χ1n) is 12.7. The molecule has 4 heterocycles. The van der Waals surface area contributed by atoms with Crippen molar-refractivity contribution in [3.63, 3.8) is 0 Å². The van der Waals surface area contributed by atoms with Crippen molar-refractivity contribution < 1.29 is 9.53 Å². The first-order chi connectivity index (χ1) is 16.9. The summed E-state index contributed by atoms with van der Waals surface area (Å²) in [5, 5.41) is 8.60. The molecule has 1 saturated heterocycles. The quantitative estimate of drug-likeness (QED) is 0.555. The summed E-state index contributed by atoms with van der Waals surface area (Å²) in [5.74, 6) is 1.25. The van der Waals surface area contributed by atoms with E-state index in [2.05, 4.69) is 41.0 Å². The summed E-state index contributed by atoms with van der Waals surface area (Å²) in [6.45, 7) is 7.25. The number of carbonyl (C=O) groups excluding carboxylic acids is 1. The molecule has 0 radical (unpaired) electrons. The van der Waals surface area contributed by atoms with Crippen LogP contribution in [0.4, 0.5) is 10.5 Å². The molecule has 1 amide bonds. The lowest BCUT2D eigenvalue weighted by Gasteiger charge is -2.46. The second kappa shape index (κ2) is 8.52. The van der Waals surface area contributed by atoms with Crippen molar-refractivity contribution >= 4 is 34.4 Å². The number of aryl methyl sites for hydroxylation is 1. The number of nitrogens with zero attached hydrogens (tertiary/aromatic N) is 5. The van der Waals surface area contributed by atoms with E-state index in [1.165, 1.54) is 31.9 Å². The van der Waals surface area contributed by atoms with Gasteiger partial charge in [-0.2, -0.15) is 5.10 Å². The Morgan fingerprint density at radius 2 is 2.20 bits per heavy atom. The second-order valence-electron chi connectivity index (χ2n) is 10.8. The van der Waals surface area contributed by atoms with E-state index < -0.39 is 0 Å². The Labute approximate surface area is 210 Å². The first kappa shape index (κ1) is 22.9. The molecule has 6 rings (SSSR count). The van der Waals surface area contributed by atoms with Gasteiger partial charge in [-0.05, 0) is 63.1 Å². The predicted octanol–water partition coefficient (Wildman–Crippen LogP) is 4.91. The molecule has 1 aromatic carbocycles. The van der Waals surface area contributed by atoms with Gasteiger partial charge in [0.05, 0.1) is 41.6 Å². The van der Waals surface area contributed by atoms with Crippen molar-refractivity contribution in [1.29, 1.82) is 0 Å². The maximum absolute atomic E-state index is 12.6. The average molecular weight is 497 g/mol. The minimum absolute atomic E-state index is 0.0961. The molecule has 2 aliphatic heterocycles. The monoisotopic (exact) mass is 496 g/mol. The second-order valence-corrected chi connectivity index (χ2v) is 11.2. The molecule has 2 aromatic heterocycles. The number of amides is 1. The number of ether oxygens (including phenoxy) is 1. The summed E-state index contributed by atoms with van der Waals surface area (Å²) in [6.07, 6.45) is 8.65. The third kappa shape index (κ3) is 3.73. The Kier molecular flexibility index (Phi) is 5.56. The van der Waals surface area contributed by atoms with Gasteiger partial charge in [0.15, 0.2) is 0 Å². The van der Waals surface area contributed by atoms with Crippen LogP contribution in [0, 0.1) is 5.41 Å². The molecule has 9 heteroatoms. The molecule has 1 N–H and O–H groups in total. The van der Waals surface area contributed by atoms with Crippen molar-refractivity contribution in [1.82, 2.24) is 24.6 Å². The number of carbonyl (C=O) groups is 1. The Balaban J connectivity index is 1.44. The third-order valence-electron chi connectivity index (χ3n) is 8.39. The molecular weight excluding hydrogens is 464 g/mol. The number of methoxy groups -OCH3 is 1. The van der Waals surface area contributed by atoms with Gasteiger partial charge in [-0.25, -0.2) is 9.78 Å². The van der Waals surface area contributed by atoms with E-state index in [-0.39, 0.29) is 18.1 Å². The largest absolute Gasteiger partial charge is 0.452 e. The van der Waals surface area contributed by atoms with Gasteiger partial charge in [0.1, 0.15) is 5.82 Å². The van der Waals surface area contributed by atoms with E-state index in [9.17, 15) is 4.79 Å². The van der Waals surface area contributed by atoms with Gasteiger partial charge in [-0.15, -0.1) is 0 Å². The summed E-state index contributed by atoms with van der Waals surface area (Å²) in [7, 11) is 1.45. The highest BCUT2D eigenvalue weighted by atomic mass is 35.5. The molecule has 2 fully saturated rings. The molecule has 1 spiro atoms. The van der Waals surface area contributed by atoms with Crippen molar-refractivity contribution in [2.24, 2.45) is 5.41 Å². The molecule has 0 unspecified atom stereocenters. The summed E-state index contributed by atoms with van der Waals surface area (Å²) < 4.78 is 9.51. The van der Waals surface area contributed by atoms with Crippen LogP contribution in [0.2, 0.25) is 5.02 Å². The standard InChI is InChI=1S/C26H33ClN6O2/c1-16(13-31-14-18(27)12-29-31)24-30-23-20-5-4-17(2)32(25(34)35-3)21(20)6-7-22(23)33(24)19-10-26(11-19)8-9-28-15-26/h6-7,12,14,16-17,19,28H,4-5,8-11,13,15H2,1-3H3/t16-,17+,19?,26?/m1/s1. The number of nitrogens with one attached hydrogen (secondary N) is 1. The fourth-order valence-electron chi connectivity index (χ4n) is 6.59. The minimum Gasteiger partial charge on any atom is -0.452 e. The van der Waals surface area contributed by atoms with E-state index in [1.807, 2.05) is 10.9 Å². The van der Waals surface area contributed by atoms with Gasteiger partial charge in [-0.1, -0.05) is 18.5 Å². The molecule has 35 heavy (non-hydrogen) atoms. The Bertz CT molecular complexity index is 1270. The zero-order valence-corrected chi connectivity index (χ0v) is 21.4. The molecule has 1 saturated carbocycles. The van der Waals surface area contributed by atoms with Gasteiger partial charge >= 0.3 is 6.09 Å². The molecule has 2 atom stereocenters. The fraction of sp³-hybridized carbons (Fsp3) is 0.577. The van der Waals surface area contributed by atoms with Crippen LogP contribution in [0.1, 0.15) is 62.9 Å². The van der Waals surface area contributed by atoms with Gasteiger partial charge in [-0.3, -0.25) is 9.58 Å². The number of hydrogen-bond acceptors (Lipinski definition) is 5. The van der Waals surface area contributed by atoms with Crippen molar-refractivity contribution in [3.8, 4) is 0 Å². The van der Waals surface area contributed by atoms with Gasteiger partial charge in [0.2, 0.25) is 0 Å². The van der Waals surface area contributed by atoms with Crippen molar-refractivity contribution in [2.45, 2.75) is 70.5 Å². The zero-order chi connectivity index (χ0) is 24.3. The van der Waals surface area contributed by atoms with Crippen molar-refractivity contribution in [2.75, 3.05) is 25.1 Å². The Morgan fingerprint density at radius 1 is 1.37 bits per heavy atom. The Morgan fingerprint density at radius 3 is 2.89 bits per heavy atom. The smallest absolute Gasteiger partial charge is 0.414 e. The predicted molar refractivity (Wildman–Crippen MR) is 136 cm³/mol. The lowest BCUT2D eigenvalue weighted by molar-refractivity contribution is 0.0838. The van der Waals surface area contributed by atoms with E-state index >= 15 is 0 Å². The van der Waals surface area contributed by atoms with Crippen LogP contribution in [0.25, 0.3) is 11.0 Å². The lowest BCUT2D eigenvalue weighted by atomic mass is 9.64. The van der Waals surface area contributed by atoms with Crippen LogP contribution in [0.5, 0.6) is 0 Å². The fourth-order valence-corrected chi connectivity index (χ4v) is 6.75. The molecule has 1 aliphatic carbocycles. The summed E-state index contributed by atoms with van der Waals surface area (Å²) in [6, 6.07) is 4.79. The summed E-state index contributed by atoms with van der Waals surface area (Å²) in [4.78, 5) is 19.7. The normalized spacial score (nSPS) is 26.7. The molecule has 186 valence electrons. The number of benzene rings is 1. The zero-order valence-electron chi connectivity index (χ0n) is 20.6. The number of fused-ring (bicyclic) bond motifs is 3. The molecule has 8 nitrogen and oxygen atoms in total. The number of aromatic nitrogens is 4. The maximum atomic E-state index is 12.6. The van der Waals surface area contributed by atoms with E-state index in [0.29, 0.717) is 23.0 Å². The van der Waals surface area contributed by atoms with Crippen LogP contribution >= 0.6 is 11.6 Å². The number of imidazole rings is 1. The number of anilines is 1. The molecule has 0 bridgehead atoms. The van der Waals surface area contributed by atoms with E-state index in [0.717, 1.165) is 48.5 Å². The molecule has 3 aromatic rings. The topological polar surface area (TPSA) is 77.2 Å². The third-order valence-corrected chi connectivity index (χ3v) is 8.59. The molecular formula is C26H33ClN6O2. The SMILES string of the molecule is COC(=O)N1c2ccc3c(nc([C@H](C)Cn4cc(Cl)cn4)n3C3CC4(CCNC4)C3)c2CC[C@@H]1C. The highest BCUT2D eigenvalue weighted by Crippen LogP contribution is 2.54. The number of rotatable bonds is 4. The maximum Gasteiger partial charge on any atom is 0.414 e. The summed E-state index contributed by atoms with van der Waals surface area (Å²) >= 11 is 6.13.